The zero-order valence-electron chi connectivity index (χ0n) is 9.63. The summed E-state index contributed by atoms with van der Waals surface area (Å²) in [6.07, 6.45) is 2.91. The Balaban J connectivity index is 1.83. The number of nitrogens with zero attached hydrogens (tertiary/aromatic N) is 1. The number of aromatic nitrogens is 2. The predicted molar refractivity (Wildman–Crippen MR) is 64.9 cm³/mol. The second-order valence-corrected chi connectivity index (χ2v) is 4.39. The Kier molecular flexibility index (Phi) is 2.60. The minimum Gasteiger partial charge on any atom is -0.390 e. The summed E-state index contributed by atoms with van der Waals surface area (Å²) in [5.41, 5.74) is 2.46. The van der Waals surface area contributed by atoms with Crippen LogP contribution in [0.1, 0.15) is 27.7 Å². The average Bonchev–Trinajstić information content (AvgIpc) is 2.98. The SMILES string of the molecule is O=C(N[C@H]1c2ccccc2C[C@H]1O)c1cnc[nH]1. The van der Waals surface area contributed by atoms with E-state index in [-0.39, 0.29) is 11.9 Å². The van der Waals surface area contributed by atoms with Crippen LogP contribution >= 0.6 is 0 Å². The van der Waals surface area contributed by atoms with Gasteiger partial charge in [-0.2, -0.15) is 0 Å². The van der Waals surface area contributed by atoms with E-state index in [1.165, 1.54) is 12.5 Å². The van der Waals surface area contributed by atoms with Crippen LogP contribution in [0.3, 0.4) is 0 Å². The highest BCUT2D eigenvalue weighted by Gasteiger charge is 2.32. The third-order valence-corrected chi connectivity index (χ3v) is 3.23. The molecule has 0 bridgehead atoms. The average molecular weight is 243 g/mol. The van der Waals surface area contributed by atoms with E-state index >= 15 is 0 Å². The third-order valence-electron chi connectivity index (χ3n) is 3.23. The highest BCUT2D eigenvalue weighted by atomic mass is 16.3. The first kappa shape index (κ1) is 11.0. The van der Waals surface area contributed by atoms with Gasteiger partial charge in [-0.3, -0.25) is 4.79 Å². The number of aromatic amines is 1. The summed E-state index contributed by atoms with van der Waals surface area (Å²) in [7, 11) is 0. The van der Waals surface area contributed by atoms with Crippen LogP contribution < -0.4 is 5.32 Å². The maximum Gasteiger partial charge on any atom is 0.269 e. The maximum absolute atomic E-state index is 11.9. The van der Waals surface area contributed by atoms with Gasteiger partial charge >= 0.3 is 0 Å². The van der Waals surface area contributed by atoms with Gasteiger partial charge in [0.05, 0.1) is 24.7 Å². The molecule has 1 aliphatic carbocycles. The summed E-state index contributed by atoms with van der Waals surface area (Å²) >= 11 is 0. The van der Waals surface area contributed by atoms with Crippen LogP contribution in [0.2, 0.25) is 0 Å². The Labute approximate surface area is 104 Å². The van der Waals surface area contributed by atoms with Gasteiger partial charge in [0, 0.05) is 6.42 Å². The lowest BCUT2D eigenvalue weighted by Crippen LogP contribution is -2.34. The van der Waals surface area contributed by atoms with Crippen LogP contribution in [0.25, 0.3) is 0 Å². The van der Waals surface area contributed by atoms with Crippen LogP contribution in [0.15, 0.2) is 36.8 Å². The molecule has 92 valence electrons. The van der Waals surface area contributed by atoms with E-state index in [4.69, 9.17) is 0 Å². The molecule has 2 atom stereocenters. The molecular weight excluding hydrogens is 230 g/mol. The number of hydrogen-bond donors (Lipinski definition) is 3. The summed E-state index contributed by atoms with van der Waals surface area (Å²) in [6, 6.07) is 7.40. The molecule has 1 heterocycles. The molecule has 1 aromatic heterocycles. The number of aliphatic hydroxyl groups excluding tert-OH is 1. The number of nitrogens with one attached hydrogen (secondary N) is 2. The minimum absolute atomic E-state index is 0.256. The van der Waals surface area contributed by atoms with E-state index in [2.05, 4.69) is 15.3 Å². The Morgan fingerprint density at radius 1 is 1.44 bits per heavy atom. The first-order valence-electron chi connectivity index (χ1n) is 5.81. The lowest BCUT2D eigenvalue weighted by Gasteiger charge is -2.17. The molecule has 1 amide bonds. The summed E-state index contributed by atoms with van der Waals surface area (Å²) in [4.78, 5) is 18.5. The van der Waals surface area contributed by atoms with Crippen molar-refractivity contribution >= 4 is 5.91 Å². The summed E-state index contributed by atoms with van der Waals surface area (Å²) in [5, 5.41) is 12.8. The van der Waals surface area contributed by atoms with Crippen molar-refractivity contribution in [3.63, 3.8) is 0 Å². The van der Waals surface area contributed by atoms with Crippen LogP contribution in [-0.4, -0.2) is 27.1 Å². The molecule has 0 fully saturated rings. The standard InChI is InChI=1S/C13H13N3O2/c17-11-5-8-3-1-2-4-9(8)12(11)16-13(18)10-6-14-7-15-10/h1-4,6-7,11-12,17H,5H2,(H,14,15)(H,16,18)/t11-,12+/m1/s1. The number of amides is 1. The van der Waals surface area contributed by atoms with E-state index in [0.717, 1.165) is 11.1 Å². The van der Waals surface area contributed by atoms with E-state index < -0.39 is 6.10 Å². The van der Waals surface area contributed by atoms with E-state index in [9.17, 15) is 9.90 Å². The molecule has 0 saturated heterocycles. The summed E-state index contributed by atoms with van der Waals surface area (Å²) in [6.45, 7) is 0. The quantitative estimate of drug-likeness (QED) is 0.730. The smallest absolute Gasteiger partial charge is 0.269 e. The monoisotopic (exact) mass is 243 g/mol. The fraction of sp³-hybridized carbons (Fsp3) is 0.231. The second kappa shape index (κ2) is 4.27. The highest BCUT2D eigenvalue weighted by Crippen LogP contribution is 2.31. The van der Waals surface area contributed by atoms with Crippen molar-refractivity contribution in [3.05, 3.63) is 53.6 Å². The van der Waals surface area contributed by atoms with Gasteiger partial charge in [-0.1, -0.05) is 24.3 Å². The van der Waals surface area contributed by atoms with Gasteiger partial charge < -0.3 is 15.4 Å². The number of carbonyl (C=O) groups is 1. The molecular formula is C13H13N3O2. The molecule has 18 heavy (non-hydrogen) atoms. The Hall–Kier alpha value is -2.14. The molecule has 3 N–H and O–H groups in total. The van der Waals surface area contributed by atoms with Crippen molar-refractivity contribution in [1.82, 2.24) is 15.3 Å². The first-order chi connectivity index (χ1) is 8.75. The number of hydrogen-bond acceptors (Lipinski definition) is 3. The van der Waals surface area contributed by atoms with Gasteiger partial charge in [0.1, 0.15) is 5.69 Å². The molecule has 0 unspecified atom stereocenters. The largest absolute Gasteiger partial charge is 0.390 e. The lowest BCUT2D eigenvalue weighted by atomic mass is 10.1. The van der Waals surface area contributed by atoms with Crippen LogP contribution in [0.4, 0.5) is 0 Å². The van der Waals surface area contributed by atoms with Crippen molar-refractivity contribution in [3.8, 4) is 0 Å². The first-order valence-corrected chi connectivity index (χ1v) is 5.81. The third kappa shape index (κ3) is 1.78. The molecule has 0 saturated carbocycles. The Bertz CT molecular complexity index is 565. The number of rotatable bonds is 2. The Morgan fingerprint density at radius 2 is 2.28 bits per heavy atom. The van der Waals surface area contributed by atoms with Gasteiger partial charge in [-0.15, -0.1) is 0 Å². The molecule has 5 nitrogen and oxygen atoms in total. The van der Waals surface area contributed by atoms with Gasteiger partial charge in [-0.05, 0) is 11.1 Å². The van der Waals surface area contributed by atoms with Crippen molar-refractivity contribution in [1.29, 1.82) is 0 Å². The van der Waals surface area contributed by atoms with E-state index in [1.807, 2.05) is 24.3 Å². The van der Waals surface area contributed by atoms with Gasteiger partial charge in [0.25, 0.3) is 5.91 Å². The number of aliphatic hydroxyl groups is 1. The molecule has 5 heteroatoms. The topological polar surface area (TPSA) is 78.0 Å². The molecule has 2 aromatic rings. The van der Waals surface area contributed by atoms with Gasteiger partial charge in [0.15, 0.2) is 0 Å². The van der Waals surface area contributed by atoms with Crippen LogP contribution in [0.5, 0.6) is 0 Å². The number of benzene rings is 1. The maximum atomic E-state index is 11.9. The minimum atomic E-state index is -0.575. The van der Waals surface area contributed by atoms with Crippen LogP contribution in [-0.2, 0) is 6.42 Å². The predicted octanol–water partition coefficient (Wildman–Crippen LogP) is 0.798. The fourth-order valence-corrected chi connectivity index (χ4v) is 2.35. The molecule has 0 spiro atoms. The van der Waals surface area contributed by atoms with E-state index in [0.29, 0.717) is 12.1 Å². The number of fused-ring (bicyclic) bond motifs is 1. The molecule has 1 aliphatic rings. The number of carbonyl (C=O) groups excluding carboxylic acids is 1. The fourth-order valence-electron chi connectivity index (χ4n) is 2.35. The second-order valence-electron chi connectivity index (χ2n) is 4.39. The highest BCUT2D eigenvalue weighted by molar-refractivity contribution is 5.92. The van der Waals surface area contributed by atoms with Gasteiger partial charge in [-0.25, -0.2) is 4.98 Å². The van der Waals surface area contributed by atoms with Crippen molar-refractivity contribution in [2.75, 3.05) is 0 Å². The van der Waals surface area contributed by atoms with Gasteiger partial charge in [0.2, 0.25) is 0 Å². The van der Waals surface area contributed by atoms with Crippen molar-refractivity contribution < 1.29 is 9.90 Å². The van der Waals surface area contributed by atoms with Crippen molar-refractivity contribution in [2.45, 2.75) is 18.6 Å². The zero-order valence-corrected chi connectivity index (χ0v) is 9.63. The van der Waals surface area contributed by atoms with E-state index in [1.54, 1.807) is 0 Å². The van der Waals surface area contributed by atoms with Crippen molar-refractivity contribution in [2.24, 2.45) is 0 Å². The zero-order chi connectivity index (χ0) is 12.5. The molecule has 3 rings (SSSR count). The molecule has 1 aromatic carbocycles. The molecule has 0 radical (unpaired) electrons. The summed E-state index contributed by atoms with van der Waals surface area (Å²) < 4.78 is 0. The lowest BCUT2D eigenvalue weighted by molar-refractivity contribution is 0.0854. The number of imidazole rings is 1. The normalized spacial score (nSPS) is 21.6. The van der Waals surface area contributed by atoms with Crippen LogP contribution in [0, 0.1) is 0 Å². The summed E-state index contributed by atoms with van der Waals surface area (Å²) in [5.74, 6) is -0.256. The number of H-pyrrole nitrogens is 1. The Morgan fingerprint density at radius 3 is 3.06 bits per heavy atom. The molecule has 0 aliphatic heterocycles.